The smallest absolute Gasteiger partial charge is 0.338 e. The van der Waals surface area contributed by atoms with Crippen LogP contribution in [0.25, 0.3) is 33.5 Å². The summed E-state index contributed by atoms with van der Waals surface area (Å²) in [5.74, 6) is 0.975. The van der Waals surface area contributed by atoms with Gasteiger partial charge in [-0.05, 0) is 87.7 Å². The van der Waals surface area contributed by atoms with Gasteiger partial charge in [-0.3, -0.25) is 14.8 Å². The molecule has 0 aromatic carbocycles. The Bertz CT molecular complexity index is 3520. The first-order valence-corrected chi connectivity index (χ1v) is 51.5. The average Bonchev–Trinajstić information content (AvgIpc) is 1.59. The highest BCUT2D eigenvalue weighted by atomic mass is 28.3. The van der Waals surface area contributed by atoms with Crippen molar-refractivity contribution in [2.75, 3.05) is 144 Å². The van der Waals surface area contributed by atoms with Crippen LogP contribution in [0.1, 0.15) is 90.8 Å². The lowest BCUT2D eigenvalue weighted by molar-refractivity contribution is -0.181. The molecule has 0 bridgehead atoms. The van der Waals surface area contributed by atoms with Crippen molar-refractivity contribution < 1.29 is 76.3 Å². The Morgan fingerprint density at radius 3 is 1.15 bits per heavy atom. The van der Waals surface area contributed by atoms with Crippen molar-refractivity contribution in [2.45, 2.75) is 184 Å². The van der Waals surface area contributed by atoms with Gasteiger partial charge in [0.05, 0.1) is 64.3 Å². The Labute approximate surface area is 620 Å². The highest BCUT2D eigenvalue weighted by molar-refractivity contribution is 6.77. The first-order valence-electron chi connectivity index (χ1n) is 36.7. The third-order valence-corrected chi connectivity index (χ3v) is 25.4. The maximum Gasteiger partial charge on any atom is 0.338 e. The van der Waals surface area contributed by atoms with Gasteiger partial charge in [0, 0.05) is 157 Å². The number of ether oxygens (including phenoxy) is 12. The van der Waals surface area contributed by atoms with Gasteiger partial charge in [-0.25, -0.2) is 19.6 Å². The second-order valence-electron chi connectivity index (χ2n) is 31.9. The van der Waals surface area contributed by atoms with E-state index in [4.69, 9.17) is 77.0 Å². The van der Waals surface area contributed by atoms with Gasteiger partial charge in [0.1, 0.15) is 57.5 Å². The van der Waals surface area contributed by atoms with Gasteiger partial charge < -0.3 is 71.7 Å². The zero-order chi connectivity index (χ0) is 75.6. The van der Waals surface area contributed by atoms with Crippen LogP contribution >= 0.6 is 0 Å². The monoisotopic (exact) mass is 1520 g/mol. The highest BCUT2D eigenvalue weighted by Gasteiger charge is 2.47. The van der Waals surface area contributed by atoms with Crippen molar-refractivity contribution in [1.29, 1.82) is 0 Å². The van der Waals surface area contributed by atoms with E-state index in [1.54, 1.807) is 53.1 Å². The second kappa shape index (κ2) is 40.9. The Morgan fingerprint density at radius 1 is 0.490 bits per heavy atom. The lowest BCUT2D eigenvalue weighted by atomic mass is 9.77. The number of methoxy groups -OCH3 is 4. The summed E-state index contributed by atoms with van der Waals surface area (Å²) < 4.78 is 73.3. The van der Waals surface area contributed by atoms with E-state index in [1.807, 2.05) is 33.4 Å². The molecular formula is C74H120N10O16Si4. The number of pyridine rings is 2. The molecule has 0 amide bonds. The summed E-state index contributed by atoms with van der Waals surface area (Å²) in [5.41, 5.74) is 5.22. The maximum atomic E-state index is 13.4. The van der Waals surface area contributed by atoms with Gasteiger partial charge >= 0.3 is 11.9 Å². The van der Waals surface area contributed by atoms with Crippen LogP contribution in [-0.2, 0) is 73.0 Å². The number of nitrogens with zero attached hydrogens (tertiary/aromatic N) is 10. The average molecular weight is 1520 g/mol. The fraction of sp³-hybridized carbons (Fsp3) is 0.662. The summed E-state index contributed by atoms with van der Waals surface area (Å²) in [4.78, 5) is 61.6. The topological polar surface area (TPSA) is 275 Å². The van der Waals surface area contributed by atoms with Crippen LogP contribution < -0.4 is 9.80 Å². The van der Waals surface area contributed by atoms with E-state index in [0.717, 1.165) is 75.7 Å². The Morgan fingerprint density at radius 2 is 0.846 bits per heavy atom. The Hall–Kier alpha value is -5.82. The molecular weight excluding hydrogens is 1400 g/mol. The first-order chi connectivity index (χ1) is 49.6. The summed E-state index contributed by atoms with van der Waals surface area (Å²) in [7, 11) is 1.19. The molecule has 2 aliphatic rings. The molecule has 0 spiro atoms. The van der Waals surface area contributed by atoms with Crippen molar-refractivity contribution in [3.8, 4) is 22.3 Å². The second-order valence-corrected chi connectivity index (χ2v) is 54.4. The molecule has 1 N–H and O–H groups in total. The lowest BCUT2D eigenvalue weighted by Gasteiger charge is -2.38. The molecule has 578 valence electrons. The maximum absolute atomic E-state index is 13.4. The van der Waals surface area contributed by atoms with E-state index in [0.29, 0.717) is 160 Å². The zero-order valence-corrected chi connectivity index (χ0v) is 69.1. The molecule has 6 heterocycles. The summed E-state index contributed by atoms with van der Waals surface area (Å²) in [5, 5.41) is 19.3. The number of aromatic nitrogens is 8. The summed E-state index contributed by atoms with van der Waals surface area (Å²) in [6.45, 7) is 34.3. The van der Waals surface area contributed by atoms with Gasteiger partial charge in [0.15, 0.2) is 28.8 Å². The number of hydrogen-bond donors (Lipinski definition) is 1. The van der Waals surface area contributed by atoms with Crippen LogP contribution in [-0.4, -0.2) is 241 Å². The van der Waals surface area contributed by atoms with E-state index >= 15 is 0 Å². The summed E-state index contributed by atoms with van der Waals surface area (Å²) in [6.07, 6.45) is 12.3. The molecule has 30 heteroatoms. The normalized spacial score (nSPS) is 18.2. The van der Waals surface area contributed by atoms with Gasteiger partial charge in [0.2, 0.25) is 0 Å². The number of carbonyl (C=O) groups is 3. The van der Waals surface area contributed by atoms with Crippen LogP contribution in [0.15, 0.2) is 61.2 Å². The van der Waals surface area contributed by atoms with Crippen LogP contribution in [0, 0.1) is 0 Å². The molecule has 0 saturated heterocycles. The number of hydrogen-bond acceptors (Lipinski definition) is 24. The molecule has 6 aromatic rings. The fourth-order valence-corrected chi connectivity index (χ4v) is 15.0. The van der Waals surface area contributed by atoms with E-state index < -0.39 is 43.5 Å². The van der Waals surface area contributed by atoms with Crippen LogP contribution in [0.3, 0.4) is 0 Å². The third-order valence-electron chi connectivity index (χ3n) is 18.6. The molecule has 0 aliphatic heterocycles. The van der Waals surface area contributed by atoms with Crippen molar-refractivity contribution in [3.63, 3.8) is 0 Å². The highest BCUT2D eigenvalue weighted by Crippen LogP contribution is 2.44. The van der Waals surface area contributed by atoms with Crippen molar-refractivity contribution in [1.82, 2.24) is 39.2 Å². The van der Waals surface area contributed by atoms with Crippen LogP contribution in [0.2, 0.25) is 103 Å². The van der Waals surface area contributed by atoms with E-state index in [1.165, 1.54) is 0 Å². The quantitative estimate of drug-likeness (QED) is 0.0122. The fourth-order valence-electron chi connectivity index (χ4n) is 12.0. The number of aliphatic hydroxyl groups is 1. The minimum atomic E-state index is -1.30. The summed E-state index contributed by atoms with van der Waals surface area (Å²) in [6, 6.07) is 15.7. The number of anilines is 2. The predicted molar refractivity (Wildman–Crippen MR) is 414 cm³/mol. The van der Waals surface area contributed by atoms with E-state index in [9.17, 15) is 19.5 Å². The summed E-state index contributed by atoms with van der Waals surface area (Å²) >= 11 is 0. The SMILES string of the molecule is COCCOC(=O)C1(OCCOC)CCC(c2cc(N(COCC[Si](C)(C)C)COCC[Si](C)(C)C)n3ncc(-c4ccc(C=O)nc4)c3n2)CC1.COCCOC(=O)C1(OCCOC)CCC(c2cc(N(COCC[Si](C)(C)C)COCC[Si](C)(C)C)n3ncc(-c4ccc(CO)nc4)c3n2)CC1. The number of esters is 2. The lowest BCUT2D eigenvalue weighted by Crippen LogP contribution is -2.46. The number of rotatable bonds is 44. The minimum absolute atomic E-state index is 0.0375. The predicted octanol–water partition coefficient (Wildman–Crippen LogP) is 12.2. The molecule has 2 saturated carbocycles. The Kier molecular flexibility index (Phi) is 33.6. The standard InChI is InChI=1S/C37H61N5O8Si2.C37H59N5O8Si2/c2*1-45-15-17-49-36(44)37(50-18-16-46-2)13-11-29(12-14-37)33-23-34(41(27-47-19-21-51(3,4)5)28-48-20-22-52(6,7)8)42-35(40-33)32(25-39-42)30-9-10-31(26-43)38-24-30/h9-10,23-25,29,43H,11-22,26-28H2,1-8H3;9-10,23-26,29H,11-22,27-28H2,1-8H3. The molecule has 0 radical (unpaired) electrons. The van der Waals surface area contributed by atoms with Crippen LogP contribution in [0.4, 0.5) is 11.6 Å². The number of aldehydes is 1. The van der Waals surface area contributed by atoms with E-state index in [-0.39, 0.29) is 50.2 Å². The molecule has 104 heavy (non-hydrogen) atoms. The van der Waals surface area contributed by atoms with Gasteiger partial charge in [-0.2, -0.15) is 19.2 Å². The largest absolute Gasteiger partial charge is 0.461 e. The van der Waals surface area contributed by atoms with Crippen molar-refractivity contribution in [2.24, 2.45) is 0 Å². The number of aliphatic hydroxyl groups excluding tert-OH is 1. The molecule has 0 unspecified atom stereocenters. The molecule has 2 aliphatic carbocycles. The molecule has 6 aromatic heterocycles. The molecule has 8 rings (SSSR count). The number of fused-ring (bicyclic) bond motifs is 2. The molecule has 2 fully saturated rings. The van der Waals surface area contributed by atoms with Gasteiger partial charge in [-0.15, -0.1) is 0 Å². The van der Waals surface area contributed by atoms with Crippen molar-refractivity contribution >= 4 is 73.5 Å². The molecule has 26 nitrogen and oxygen atoms in total. The third kappa shape index (κ3) is 26.3. The molecule has 0 atom stereocenters. The first kappa shape index (κ1) is 85.4. The van der Waals surface area contributed by atoms with Gasteiger partial charge in [0.25, 0.3) is 0 Å². The number of carbonyl (C=O) groups excluding carboxylic acids is 3. The van der Waals surface area contributed by atoms with Crippen LogP contribution in [0.5, 0.6) is 0 Å². The van der Waals surface area contributed by atoms with Crippen molar-refractivity contribution in [3.05, 3.63) is 84.0 Å². The Balaban J connectivity index is 0.000000291. The van der Waals surface area contributed by atoms with E-state index in [2.05, 4.69) is 110 Å². The minimum Gasteiger partial charge on any atom is -0.461 e. The van der Waals surface area contributed by atoms with Gasteiger partial charge in [-0.1, -0.05) is 90.7 Å². The zero-order valence-electron chi connectivity index (χ0n) is 65.1.